The topological polar surface area (TPSA) is 80.3 Å². The summed E-state index contributed by atoms with van der Waals surface area (Å²) >= 11 is 0. The third-order valence-corrected chi connectivity index (χ3v) is 11.4. The number of fused-ring (bicyclic) bond motifs is 2. The summed E-state index contributed by atoms with van der Waals surface area (Å²) in [6, 6.07) is 12.7. The molecule has 2 aliphatic heterocycles. The SMILES string of the molecule is C=CC[C@H]1C[C@]2([C@@H](C)Cc3ccc(C)c(OC)c3)OCOC2=CC1=O.CCC[C@H]1C[C@]2([C@@H](C)Cc3ccc(C)c(OC)c3)OCCC2=CC1=O. The molecular formula is C43H56O7. The van der Waals surface area contributed by atoms with Crippen LogP contribution in [0.2, 0.25) is 0 Å². The number of carbonyl (C=O) groups is 2. The Morgan fingerprint density at radius 2 is 1.44 bits per heavy atom. The van der Waals surface area contributed by atoms with E-state index < -0.39 is 5.60 Å². The van der Waals surface area contributed by atoms with E-state index in [1.165, 1.54) is 16.7 Å². The summed E-state index contributed by atoms with van der Waals surface area (Å²) in [6.45, 7) is 15.4. The van der Waals surface area contributed by atoms with Gasteiger partial charge in [0.25, 0.3) is 0 Å². The molecular weight excluding hydrogens is 628 g/mol. The highest BCUT2D eigenvalue weighted by Gasteiger charge is 2.52. The molecule has 6 atom stereocenters. The van der Waals surface area contributed by atoms with Crippen molar-refractivity contribution in [3.05, 3.63) is 94.8 Å². The van der Waals surface area contributed by atoms with Crippen molar-refractivity contribution in [3.8, 4) is 11.5 Å². The molecule has 0 saturated carbocycles. The van der Waals surface area contributed by atoms with Crippen LogP contribution in [0.15, 0.2) is 72.5 Å². The summed E-state index contributed by atoms with van der Waals surface area (Å²) in [5, 5.41) is 0. The molecule has 0 bridgehead atoms. The molecule has 7 nitrogen and oxygen atoms in total. The first-order valence-corrected chi connectivity index (χ1v) is 18.3. The predicted molar refractivity (Wildman–Crippen MR) is 196 cm³/mol. The number of aryl methyl sites for hydroxylation is 2. The van der Waals surface area contributed by atoms with Crippen LogP contribution in [0.1, 0.15) is 81.5 Å². The average Bonchev–Trinajstić information content (AvgIpc) is 3.72. The van der Waals surface area contributed by atoms with Gasteiger partial charge < -0.3 is 23.7 Å². The number of methoxy groups -OCH3 is 2. The van der Waals surface area contributed by atoms with Crippen LogP contribution in [0.5, 0.6) is 11.5 Å². The second kappa shape index (κ2) is 16.1. The molecule has 0 amide bonds. The lowest BCUT2D eigenvalue weighted by Gasteiger charge is -2.41. The third kappa shape index (κ3) is 7.64. The number of rotatable bonds is 12. The Hall–Kier alpha value is -3.68. The van der Waals surface area contributed by atoms with E-state index in [0.717, 1.165) is 67.8 Å². The van der Waals surface area contributed by atoms with Gasteiger partial charge in [-0.15, -0.1) is 6.58 Å². The van der Waals surface area contributed by atoms with Crippen molar-refractivity contribution in [2.24, 2.45) is 23.7 Å². The molecule has 2 aliphatic carbocycles. The van der Waals surface area contributed by atoms with E-state index in [-0.39, 0.29) is 35.9 Å². The first kappa shape index (κ1) is 37.6. The first-order valence-electron chi connectivity index (χ1n) is 18.3. The standard InChI is InChI=1S/C22H30O3.C21H26O4/c1-5-6-18-14-22(19(9-10-25-22)13-20(18)23)16(3)11-17-8-7-15(2)21(12-17)24-4;1-5-6-17-12-21(20(11-18(17)22)24-13-25-21)15(3)9-16-8-7-14(2)19(10-16)23-4/h7-8,12-13,16,18H,5-6,9-11,14H2,1-4H3;5,7-8,10-11,15,17H,1,6,9,12-13H2,2-4H3/t16-,18-,22+;15-,17-,21+/m00/s1. The van der Waals surface area contributed by atoms with Gasteiger partial charge in [-0.3, -0.25) is 9.59 Å². The number of allylic oxidation sites excluding steroid dienone is 3. The van der Waals surface area contributed by atoms with Crippen molar-refractivity contribution < 1.29 is 33.3 Å². The molecule has 2 fully saturated rings. The van der Waals surface area contributed by atoms with Crippen molar-refractivity contribution in [3.63, 3.8) is 0 Å². The number of benzene rings is 2. The minimum Gasteiger partial charge on any atom is -0.496 e. The lowest BCUT2D eigenvalue weighted by molar-refractivity contribution is -0.124. The Labute approximate surface area is 299 Å². The van der Waals surface area contributed by atoms with Gasteiger partial charge in [-0.2, -0.15) is 0 Å². The number of carbonyl (C=O) groups excluding carboxylic acids is 2. The zero-order valence-corrected chi connectivity index (χ0v) is 31.1. The van der Waals surface area contributed by atoms with Crippen molar-refractivity contribution >= 4 is 11.6 Å². The van der Waals surface area contributed by atoms with Crippen molar-refractivity contribution in [1.82, 2.24) is 0 Å². The minimum absolute atomic E-state index is 0.0852. The van der Waals surface area contributed by atoms with Crippen LogP contribution in [-0.2, 0) is 36.6 Å². The molecule has 0 aromatic heterocycles. The van der Waals surface area contributed by atoms with Gasteiger partial charge in [0.15, 0.2) is 18.4 Å². The lowest BCUT2D eigenvalue weighted by Crippen LogP contribution is -2.44. The predicted octanol–water partition coefficient (Wildman–Crippen LogP) is 8.63. The highest BCUT2D eigenvalue weighted by atomic mass is 16.7. The highest BCUT2D eigenvalue weighted by Crippen LogP contribution is 2.48. The van der Waals surface area contributed by atoms with E-state index >= 15 is 0 Å². The van der Waals surface area contributed by atoms with Gasteiger partial charge in [-0.25, -0.2) is 0 Å². The van der Waals surface area contributed by atoms with Gasteiger partial charge in [0.2, 0.25) is 0 Å². The summed E-state index contributed by atoms with van der Waals surface area (Å²) in [5.41, 5.74) is 5.16. The normalized spacial score (nSPS) is 26.7. The van der Waals surface area contributed by atoms with Gasteiger partial charge in [0, 0.05) is 17.9 Å². The Morgan fingerprint density at radius 3 is 2.02 bits per heavy atom. The van der Waals surface area contributed by atoms with Crippen LogP contribution in [0, 0.1) is 37.5 Å². The van der Waals surface area contributed by atoms with E-state index in [1.54, 1.807) is 26.4 Å². The Bertz CT molecular complexity index is 1620. The zero-order valence-electron chi connectivity index (χ0n) is 31.1. The zero-order chi connectivity index (χ0) is 36.1. The minimum atomic E-state index is -0.528. The fourth-order valence-corrected chi connectivity index (χ4v) is 8.48. The molecule has 6 rings (SSSR count). The maximum atomic E-state index is 12.4. The van der Waals surface area contributed by atoms with E-state index in [4.69, 9.17) is 23.7 Å². The quantitative estimate of drug-likeness (QED) is 0.207. The molecule has 2 saturated heterocycles. The molecule has 2 heterocycles. The van der Waals surface area contributed by atoms with Gasteiger partial charge in [0.05, 0.1) is 26.4 Å². The summed E-state index contributed by atoms with van der Waals surface area (Å²) in [6.07, 6.45) is 12.2. The van der Waals surface area contributed by atoms with E-state index in [9.17, 15) is 9.59 Å². The maximum Gasteiger partial charge on any atom is 0.189 e. The van der Waals surface area contributed by atoms with Crippen molar-refractivity contribution in [2.75, 3.05) is 27.6 Å². The van der Waals surface area contributed by atoms with Gasteiger partial charge >= 0.3 is 0 Å². The van der Waals surface area contributed by atoms with Crippen LogP contribution < -0.4 is 9.47 Å². The van der Waals surface area contributed by atoms with E-state index in [0.29, 0.717) is 30.3 Å². The summed E-state index contributed by atoms with van der Waals surface area (Å²) in [5.74, 6) is 3.47. The highest BCUT2D eigenvalue weighted by molar-refractivity contribution is 5.94. The fraction of sp³-hybridized carbons (Fsp3) is 0.535. The molecule has 2 aromatic carbocycles. The summed E-state index contributed by atoms with van der Waals surface area (Å²) in [4.78, 5) is 24.7. The van der Waals surface area contributed by atoms with Crippen molar-refractivity contribution in [1.29, 1.82) is 0 Å². The number of hydrogen-bond acceptors (Lipinski definition) is 7. The van der Waals surface area contributed by atoms with E-state index in [1.807, 2.05) is 13.0 Å². The second-order valence-electron chi connectivity index (χ2n) is 14.7. The molecule has 0 spiro atoms. The molecule has 0 unspecified atom stereocenters. The van der Waals surface area contributed by atoms with Crippen LogP contribution in [0.3, 0.4) is 0 Å². The van der Waals surface area contributed by atoms with Crippen LogP contribution in [0.25, 0.3) is 0 Å². The average molecular weight is 685 g/mol. The van der Waals surface area contributed by atoms with Gasteiger partial charge in [0.1, 0.15) is 22.9 Å². The Morgan fingerprint density at radius 1 is 0.860 bits per heavy atom. The van der Waals surface area contributed by atoms with Gasteiger partial charge in [-0.05, 0) is 117 Å². The largest absolute Gasteiger partial charge is 0.496 e. The van der Waals surface area contributed by atoms with Crippen LogP contribution in [-0.4, -0.2) is 50.4 Å². The number of ether oxygens (including phenoxy) is 5. The lowest BCUT2D eigenvalue weighted by atomic mass is 9.68. The molecule has 270 valence electrons. The monoisotopic (exact) mass is 684 g/mol. The molecule has 0 N–H and O–H groups in total. The third-order valence-electron chi connectivity index (χ3n) is 11.4. The van der Waals surface area contributed by atoms with Crippen LogP contribution in [0.4, 0.5) is 0 Å². The molecule has 0 radical (unpaired) electrons. The second-order valence-corrected chi connectivity index (χ2v) is 14.7. The molecule has 50 heavy (non-hydrogen) atoms. The summed E-state index contributed by atoms with van der Waals surface area (Å²) < 4.78 is 29.0. The fourth-order valence-electron chi connectivity index (χ4n) is 8.48. The maximum absolute atomic E-state index is 12.4. The smallest absolute Gasteiger partial charge is 0.189 e. The molecule has 4 aliphatic rings. The van der Waals surface area contributed by atoms with E-state index in [2.05, 4.69) is 70.7 Å². The Balaban J connectivity index is 0.000000194. The number of hydrogen-bond donors (Lipinski definition) is 0. The number of ketones is 2. The summed E-state index contributed by atoms with van der Waals surface area (Å²) in [7, 11) is 3.41. The molecule has 2 aromatic rings. The Kier molecular flexibility index (Phi) is 12.1. The van der Waals surface area contributed by atoms with Crippen molar-refractivity contribution in [2.45, 2.75) is 97.2 Å². The van der Waals surface area contributed by atoms with Crippen LogP contribution >= 0.6 is 0 Å². The molecule has 7 heteroatoms. The van der Waals surface area contributed by atoms with Gasteiger partial charge in [-0.1, -0.05) is 57.5 Å². The first-order chi connectivity index (χ1) is 24.0.